The molecule has 2 aromatic rings. The van der Waals surface area contributed by atoms with Gasteiger partial charge in [-0.1, -0.05) is 11.8 Å². The predicted octanol–water partition coefficient (Wildman–Crippen LogP) is 2.83. The van der Waals surface area contributed by atoms with E-state index in [9.17, 15) is 0 Å². The molecule has 0 saturated heterocycles. The van der Waals surface area contributed by atoms with Crippen LogP contribution in [0.4, 0.5) is 0 Å². The molecule has 3 rings (SSSR count). The topological polar surface area (TPSA) is 36.9 Å². The molecule has 0 N–H and O–H groups in total. The van der Waals surface area contributed by atoms with Gasteiger partial charge in [-0.05, 0) is 30.3 Å². The smallest absolute Gasteiger partial charge is 0.231 e. The zero-order valence-electron chi connectivity index (χ0n) is 11.8. The summed E-state index contributed by atoms with van der Waals surface area (Å²) in [5.41, 5.74) is 1.72. The lowest BCUT2D eigenvalue weighted by Gasteiger charge is -2.04. The molecule has 21 heavy (non-hydrogen) atoms. The Hall–Kier alpha value is -2.80. The first-order valence-corrected chi connectivity index (χ1v) is 6.44. The lowest BCUT2D eigenvalue weighted by molar-refractivity contribution is 0.171. The minimum Gasteiger partial charge on any atom is -0.497 e. The molecule has 0 bridgehead atoms. The molecule has 1 aliphatic heterocycles. The van der Waals surface area contributed by atoms with Gasteiger partial charge < -0.3 is 18.9 Å². The van der Waals surface area contributed by atoms with Crippen LogP contribution in [0.25, 0.3) is 0 Å². The molecule has 0 saturated carbocycles. The van der Waals surface area contributed by atoms with E-state index >= 15 is 0 Å². The van der Waals surface area contributed by atoms with Gasteiger partial charge in [0.2, 0.25) is 12.5 Å². The normalized spacial score (nSPS) is 11.5. The summed E-state index contributed by atoms with van der Waals surface area (Å²) in [5, 5.41) is 0. The van der Waals surface area contributed by atoms with Crippen molar-refractivity contribution in [3.8, 4) is 34.8 Å². The fourth-order valence-corrected chi connectivity index (χ4v) is 2.02. The van der Waals surface area contributed by atoms with E-state index in [1.165, 1.54) is 0 Å². The van der Waals surface area contributed by atoms with Crippen molar-refractivity contribution in [1.82, 2.24) is 0 Å². The molecule has 0 aliphatic carbocycles. The van der Waals surface area contributed by atoms with Crippen LogP contribution in [-0.4, -0.2) is 21.0 Å². The van der Waals surface area contributed by atoms with Gasteiger partial charge in [0.15, 0.2) is 11.5 Å². The van der Waals surface area contributed by atoms with E-state index < -0.39 is 0 Å². The zero-order chi connectivity index (χ0) is 14.7. The van der Waals surface area contributed by atoms with Crippen LogP contribution in [0, 0.1) is 11.8 Å². The van der Waals surface area contributed by atoms with E-state index in [4.69, 9.17) is 18.9 Å². The van der Waals surface area contributed by atoms with Crippen molar-refractivity contribution >= 4 is 0 Å². The third-order valence-electron chi connectivity index (χ3n) is 3.10. The molecule has 0 unspecified atom stereocenters. The summed E-state index contributed by atoms with van der Waals surface area (Å²) >= 11 is 0. The fourth-order valence-electron chi connectivity index (χ4n) is 2.02. The predicted molar refractivity (Wildman–Crippen MR) is 78.1 cm³/mol. The van der Waals surface area contributed by atoms with Crippen LogP contribution in [0.5, 0.6) is 23.0 Å². The maximum Gasteiger partial charge on any atom is 0.231 e. The lowest BCUT2D eigenvalue weighted by atomic mass is 10.1. The van der Waals surface area contributed by atoms with Crippen LogP contribution in [0.3, 0.4) is 0 Å². The summed E-state index contributed by atoms with van der Waals surface area (Å²) in [6.07, 6.45) is 0. The van der Waals surface area contributed by atoms with Gasteiger partial charge in [0.1, 0.15) is 5.75 Å². The molecule has 0 amide bonds. The molecule has 4 nitrogen and oxygen atoms in total. The Labute approximate surface area is 123 Å². The number of hydrogen-bond acceptors (Lipinski definition) is 4. The van der Waals surface area contributed by atoms with Crippen molar-refractivity contribution in [3.05, 3.63) is 47.5 Å². The van der Waals surface area contributed by atoms with Gasteiger partial charge in [-0.15, -0.1) is 0 Å². The Kier molecular flexibility index (Phi) is 3.57. The molecule has 106 valence electrons. The summed E-state index contributed by atoms with van der Waals surface area (Å²) < 4.78 is 21.1. The van der Waals surface area contributed by atoms with Gasteiger partial charge in [0.05, 0.1) is 14.2 Å². The zero-order valence-corrected chi connectivity index (χ0v) is 11.8. The van der Waals surface area contributed by atoms with Crippen LogP contribution < -0.4 is 18.9 Å². The maximum absolute atomic E-state index is 5.38. The first-order valence-electron chi connectivity index (χ1n) is 6.44. The van der Waals surface area contributed by atoms with Gasteiger partial charge in [-0.2, -0.15) is 0 Å². The number of benzene rings is 2. The summed E-state index contributed by atoms with van der Waals surface area (Å²) in [6.45, 7) is 0.209. The number of ether oxygens (including phenoxy) is 4. The summed E-state index contributed by atoms with van der Waals surface area (Å²) in [5.74, 6) is 8.93. The second-order valence-electron chi connectivity index (χ2n) is 4.39. The Morgan fingerprint density at radius 1 is 0.905 bits per heavy atom. The van der Waals surface area contributed by atoms with Gasteiger partial charge in [-0.3, -0.25) is 0 Å². The Morgan fingerprint density at radius 2 is 1.67 bits per heavy atom. The van der Waals surface area contributed by atoms with Gasteiger partial charge in [0.25, 0.3) is 0 Å². The highest BCUT2D eigenvalue weighted by Gasteiger charge is 2.19. The minimum absolute atomic E-state index is 0.209. The summed E-state index contributed by atoms with van der Waals surface area (Å²) in [7, 11) is 3.23. The largest absolute Gasteiger partial charge is 0.497 e. The molecule has 0 atom stereocenters. The SMILES string of the molecule is COc1ccc(C#Cc2cc(OC)c3c(c2)OCO3)cc1. The quantitative estimate of drug-likeness (QED) is 0.794. The first-order chi connectivity index (χ1) is 10.3. The van der Waals surface area contributed by atoms with E-state index in [0.29, 0.717) is 17.2 Å². The van der Waals surface area contributed by atoms with E-state index in [-0.39, 0.29) is 6.79 Å². The number of methoxy groups -OCH3 is 2. The Morgan fingerprint density at radius 3 is 2.38 bits per heavy atom. The second-order valence-corrected chi connectivity index (χ2v) is 4.39. The van der Waals surface area contributed by atoms with Crippen molar-refractivity contribution < 1.29 is 18.9 Å². The van der Waals surface area contributed by atoms with Gasteiger partial charge in [0, 0.05) is 17.2 Å². The molecular weight excluding hydrogens is 268 g/mol. The van der Waals surface area contributed by atoms with Crippen molar-refractivity contribution in [2.45, 2.75) is 0 Å². The van der Waals surface area contributed by atoms with Crippen LogP contribution in [-0.2, 0) is 0 Å². The second kappa shape index (κ2) is 5.68. The van der Waals surface area contributed by atoms with Crippen LogP contribution in [0.15, 0.2) is 36.4 Å². The Bertz CT molecular complexity index is 708. The number of hydrogen-bond donors (Lipinski definition) is 0. The number of fused-ring (bicyclic) bond motifs is 1. The first kappa shape index (κ1) is 13.2. The van der Waals surface area contributed by atoms with Crippen LogP contribution in [0.1, 0.15) is 11.1 Å². The monoisotopic (exact) mass is 282 g/mol. The van der Waals surface area contributed by atoms with E-state index in [1.54, 1.807) is 14.2 Å². The summed E-state index contributed by atoms with van der Waals surface area (Å²) in [6, 6.07) is 11.3. The fraction of sp³-hybridized carbons (Fsp3) is 0.176. The highest BCUT2D eigenvalue weighted by atomic mass is 16.7. The third kappa shape index (κ3) is 2.72. The van der Waals surface area contributed by atoms with Gasteiger partial charge in [-0.25, -0.2) is 0 Å². The minimum atomic E-state index is 0.209. The van der Waals surface area contributed by atoms with E-state index in [0.717, 1.165) is 16.9 Å². The third-order valence-corrected chi connectivity index (χ3v) is 3.10. The number of rotatable bonds is 2. The van der Waals surface area contributed by atoms with E-state index in [1.807, 2.05) is 36.4 Å². The highest BCUT2D eigenvalue weighted by molar-refractivity contribution is 5.59. The van der Waals surface area contributed by atoms with Crippen molar-refractivity contribution in [3.63, 3.8) is 0 Å². The van der Waals surface area contributed by atoms with Crippen molar-refractivity contribution in [2.75, 3.05) is 21.0 Å². The molecular formula is C17H14O4. The Balaban J connectivity index is 1.90. The molecule has 0 aromatic heterocycles. The summed E-state index contributed by atoms with van der Waals surface area (Å²) in [4.78, 5) is 0. The van der Waals surface area contributed by atoms with Crippen molar-refractivity contribution in [1.29, 1.82) is 0 Å². The molecule has 4 heteroatoms. The van der Waals surface area contributed by atoms with Crippen molar-refractivity contribution in [2.24, 2.45) is 0 Å². The lowest BCUT2D eigenvalue weighted by Crippen LogP contribution is -1.93. The average Bonchev–Trinajstić information content (AvgIpc) is 3.01. The molecule has 0 fully saturated rings. The highest BCUT2D eigenvalue weighted by Crippen LogP contribution is 2.41. The molecule has 0 radical (unpaired) electrons. The molecule has 2 aromatic carbocycles. The van der Waals surface area contributed by atoms with Crippen LogP contribution >= 0.6 is 0 Å². The average molecular weight is 282 g/mol. The van der Waals surface area contributed by atoms with Crippen LogP contribution in [0.2, 0.25) is 0 Å². The van der Waals surface area contributed by atoms with E-state index in [2.05, 4.69) is 11.8 Å². The molecule has 0 spiro atoms. The van der Waals surface area contributed by atoms with Gasteiger partial charge >= 0.3 is 0 Å². The molecule has 1 aliphatic rings. The molecule has 1 heterocycles. The maximum atomic E-state index is 5.38. The standard InChI is InChI=1S/C17H14O4/c1-18-14-7-5-12(6-8-14)3-4-13-9-15(19-2)17-16(10-13)20-11-21-17/h5-10H,11H2,1-2H3.